The lowest BCUT2D eigenvalue weighted by Crippen LogP contribution is -2.37. The first-order valence-corrected chi connectivity index (χ1v) is 6.85. The number of hydrogen-bond donors (Lipinski definition) is 3. The largest absolute Gasteiger partial charge is 0.491 e. The Labute approximate surface area is 121 Å². The van der Waals surface area contributed by atoms with E-state index in [1.807, 2.05) is 24.3 Å². The van der Waals surface area contributed by atoms with Crippen LogP contribution in [0.2, 0.25) is 0 Å². The maximum Gasteiger partial charge on any atom is 0.120 e. The number of nitrogens with one attached hydrogen (secondary N) is 1. The van der Waals surface area contributed by atoms with Gasteiger partial charge in [0.15, 0.2) is 0 Å². The molecule has 2 atom stereocenters. The number of aliphatic hydroxyl groups excluding tert-OH is 2. The van der Waals surface area contributed by atoms with Crippen molar-refractivity contribution in [1.29, 1.82) is 0 Å². The van der Waals surface area contributed by atoms with Crippen LogP contribution in [0.3, 0.4) is 0 Å². The number of hydrogen-bond acceptors (Lipinski definition) is 5. The molecule has 1 rings (SSSR count). The van der Waals surface area contributed by atoms with Gasteiger partial charge in [0.2, 0.25) is 0 Å². The van der Waals surface area contributed by atoms with Crippen LogP contribution in [0.4, 0.5) is 0 Å². The van der Waals surface area contributed by atoms with E-state index in [9.17, 15) is 10.2 Å². The normalized spacial score (nSPS) is 14.1. The van der Waals surface area contributed by atoms with Crippen LogP contribution in [0.25, 0.3) is 0 Å². The monoisotopic (exact) mass is 333 g/mol. The molecule has 0 aliphatic carbocycles. The van der Waals surface area contributed by atoms with E-state index in [0.717, 1.165) is 4.47 Å². The standard InChI is InChI=1S/C13H20BrNO4/c1-18-8-11(16)6-15-7-12(17)9-19-13-4-2-3-10(14)5-13/h2-5,11-12,15-17H,6-9H2,1H3. The van der Waals surface area contributed by atoms with Crippen LogP contribution in [-0.4, -0.2) is 55.8 Å². The average Bonchev–Trinajstić information content (AvgIpc) is 2.37. The fourth-order valence-electron chi connectivity index (χ4n) is 1.48. The van der Waals surface area contributed by atoms with Crippen molar-refractivity contribution >= 4 is 15.9 Å². The summed E-state index contributed by atoms with van der Waals surface area (Å²) in [6.45, 7) is 1.21. The van der Waals surface area contributed by atoms with Gasteiger partial charge in [-0.25, -0.2) is 0 Å². The molecular weight excluding hydrogens is 314 g/mol. The molecule has 0 fully saturated rings. The van der Waals surface area contributed by atoms with Crippen LogP contribution < -0.4 is 10.1 Å². The third-order valence-electron chi connectivity index (χ3n) is 2.36. The first kappa shape index (κ1) is 16.4. The Morgan fingerprint density at radius 2 is 1.89 bits per heavy atom. The van der Waals surface area contributed by atoms with E-state index in [-0.39, 0.29) is 13.2 Å². The van der Waals surface area contributed by atoms with E-state index >= 15 is 0 Å². The predicted octanol–water partition coefficient (Wildman–Crippen LogP) is 0.786. The van der Waals surface area contributed by atoms with Crippen LogP contribution >= 0.6 is 15.9 Å². The maximum absolute atomic E-state index is 9.71. The quantitative estimate of drug-likeness (QED) is 0.623. The fourth-order valence-corrected chi connectivity index (χ4v) is 1.85. The zero-order valence-electron chi connectivity index (χ0n) is 10.9. The summed E-state index contributed by atoms with van der Waals surface area (Å²) < 4.78 is 11.2. The molecule has 0 heterocycles. The number of halogens is 1. The molecule has 0 saturated carbocycles. The minimum atomic E-state index is -0.631. The Balaban J connectivity index is 2.16. The molecule has 1 aromatic rings. The zero-order valence-corrected chi connectivity index (χ0v) is 12.5. The van der Waals surface area contributed by atoms with E-state index in [0.29, 0.717) is 18.8 Å². The molecule has 1 aromatic carbocycles. The van der Waals surface area contributed by atoms with Gasteiger partial charge in [-0.2, -0.15) is 0 Å². The summed E-state index contributed by atoms with van der Waals surface area (Å²) in [4.78, 5) is 0. The van der Waals surface area contributed by atoms with Crippen LogP contribution in [0.5, 0.6) is 5.75 Å². The van der Waals surface area contributed by atoms with Gasteiger partial charge in [0.05, 0.1) is 12.7 Å². The van der Waals surface area contributed by atoms with Gasteiger partial charge in [-0.05, 0) is 18.2 Å². The summed E-state index contributed by atoms with van der Waals surface area (Å²) in [5.41, 5.74) is 0. The first-order valence-electron chi connectivity index (χ1n) is 6.06. The lowest BCUT2D eigenvalue weighted by atomic mass is 10.3. The molecule has 108 valence electrons. The van der Waals surface area contributed by atoms with Gasteiger partial charge in [0.25, 0.3) is 0 Å². The fraction of sp³-hybridized carbons (Fsp3) is 0.538. The van der Waals surface area contributed by atoms with Crippen molar-refractivity contribution in [1.82, 2.24) is 5.32 Å². The maximum atomic E-state index is 9.71. The number of ether oxygens (including phenoxy) is 2. The smallest absolute Gasteiger partial charge is 0.120 e. The van der Waals surface area contributed by atoms with Crippen LogP contribution in [0, 0.1) is 0 Å². The topological polar surface area (TPSA) is 71.0 Å². The van der Waals surface area contributed by atoms with Crippen molar-refractivity contribution in [3.8, 4) is 5.75 Å². The van der Waals surface area contributed by atoms with Crippen molar-refractivity contribution in [2.45, 2.75) is 12.2 Å². The van der Waals surface area contributed by atoms with Crippen LogP contribution in [0.1, 0.15) is 0 Å². The highest BCUT2D eigenvalue weighted by atomic mass is 79.9. The van der Waals surface area contributed by atoms with Crippen molar-refractivity contribution < 1.29 is 19.7 Å². The molecule has 0 bridgehead atoms. The molecule has 2 unspecified atom stereocenters. The van der Waals surface area contributed by atoms with Gasteiger partial charge in [0.1, 0.15) is 18.5 Å². The minimum Gasteiger partial charge on any atom is -0.491 e. The van der Waals surface area contributed by atoms with E-state index in [2.05, 4.69) is 21.2 Å². The van der Waals surface area contributed by atoms with Gasteiger partial charge >= 0.3 is 0 Å². The molecule has 0 amide bonds. The van der Waals surface area contributed by atoms with E-state index in [4.69, 9.17) is 9.47 Å². The highest BCUT2D eigenvalue weighted by molar-refractivity contribution is 9.10. The van der Waals surface area contributed by atoms with Crippen molar-refractivity contribution in [2.75, 3.05) is 33.4 Å². The number of aliphatic hydroxyl groups is 2. The number of rotatable bonds is 9. The molecular formula is C13H20BrNO4. The summed E-state index contributed by atoms with van der Waals surface area (Å²) in [6, 6.07) is 7.43. The molecule has 0 spiro atoms. The molecule has 0 aromatic heterocycles. The number of benzene rings is 1. The van der Waals surface area contributed by atoms with Crippen molar-refractivity contribution in [2.24, 2.45) is 0 Å². The third-order valence-corrected chi connectivity index (χ3v) is 2.85. The molecule has 5 nitrogen and oxygen atoms in total. The molecule has 19 heavy (non-hydrogen) atoms. The van der Waals surface area contributed by atoms with Gasteiger partial charge in [-0.3, -0.25) is 0 Å². The highest BCUT2D eigenvalue weighted by Gasteiger charge is 2.07. The Morgan fingerprint density at radius 1 is 1.21 bits per heavy atom. The van der Waals surface area contributed by atoms with Crippen LogP contribution in [0.15, 0.2) is 28.7 Å². The Hall–Kier alpha value is -0.660. The second-order valence-electron chi connectivity index (χ2n) is 4.19. The summed E-state index contributed by atoms with van der Waals surface area (Å²) in [7, 11) is 1.53. The first-order chi connectivity index (χ1) is 9.11. The second kappa shape index (κ2) is 9.28. The lowest BCUT2D eigenvalue weighted by Gasteiger charge is -2.15. The zero-order chi connectivity index (χ0) is 14.1. The van der Waals surface area contributed by atoms with Gasteiger partial charge in [0, 0.05) is 24.7 Å². The highest BCUT2D eigenvalue weighted by Crippen LogP contribution is 2.17. The van der Waals surface area contributed by atoms with Gasteiger partial charge in [-0.1, -0.05) is 22.0 Å². The van der Waals surface area contributed by atoms with E-state index in [1.54, 1.807) is 0 Å². The predicted molar refractivity (Wildman–Crippen MR) is 76.4 cm³/mol. The second-order valence-corrected chi connectivity index (χ2v) is 5.11. The molecule has 3 N–H and O–H groups in total. The molecule has 0 saturated heterocycles. The van der Waals surface area contributed by atoms with Crippen LogP contribution in [-0.2, 0) is 4.74 Å². The van der Waals surface area contributed by atoms with Gasteiger partial charge < -0.3 is 25.0 Å². The third kappa shape index (κ3) is 7.49. The van der Waals surface area contributed by atoms with E-state index in [1.165, 1.54) is 7.11 Å². The van der Waals surface area contributed by atoms with E-state index < -0.39 is 12.2 Å². The molecule has 0 aliphatic heterocycles. The van der Waals surface area contributed by atoms with Crippen molar-refractivity contribution in [3.63, 3.8) is 0 Å². The summed E-state index contributed by atoms with van der Waals surface area (Å²) >= 11 is 3.35. The lowest BCUT2D eigenvalue weighted by molar-refractivity contribution is 0.0582. The minimum absolute atomic E-state index is 0.198. The van der Waals surface area contributed by atoms with Gasteiger partial charge in [-0.15, -0.1) is 0 Å². The average molecular weight is 334 g/mol. The summed E-state index contributed by atoms with van der Waals surface area (Å²) in [6.07, 6.45) is -1.20. The number of methoxy groups -OCH3 is 1. The molecule has 0 aliphatic rings. The summed E-state index contributed by atoms with van der Waals surface area (Å²) in [5.74, 6) is 0.702. The molecule has 0 radical (unpaired) electrons. The molecule has 6 heteroatoms. The SMILES string of the molecule is COCC(O)CNCC(O)COc1cccc(Br)c1. The van der Waals surface area contributed by atoms with Crippen molar-refractivity contribution in [3.05, 3.63) is 28.7 Å². The Kier molecular flexibility index (Phi) is 8.00. The summed E-state index contributed by atoms with van der Waals surface area (Å²) in [5, 5.41) is 22.1. The Bertz CT molecular complexity index is 364. The Morgan fingerprint density at radius 3 is 2.53 bits per heavy atom.